The summed E-state index contributed by atoms with van der Waals surface area (Å²) >= 11 is 5.83. The van der Waals surface area contributed by atoms with Gasteiger partial charge in [-0.1, -0.05) is 11.6 Å². The number of carbonyl (C=O) groups is 1. The summed E-state index contributed by atoms with van der Waals surface area (Å²) in [6.07, 6.45) is 0. The number of hydrogen-bond acceptors (Lipinski definition) is 4. The van der Waals surface area contributed by atoms with Crippen LogP contribution >= 0.6 is 11.6 Å². The van der Waals surface area contributed by atoms with Gasteiger partial charge < -0.3 is 10.8 Å². The number of nitrogen functional groups attached to an aromatic ring is 1. The van der Waals surface area contributed by atoms with Crippen LogP contribution < -0.4 is 5.73 Å². The minimum Gasteiger partial charge on any atom is -0.476 e. The number of halogens is 2. The van der Waals surface area contributed by atoms with Gasteiger partial charge in [0.15, 0.2) is 16.7 Å². The van der Waals surface area contributed by atoms with Crippen molar-refractivity contribution in [3.63, 3.8) is 0 Å². The van der Waals surface area contributed by atoms with Gasteiger partial charge in [0, 0.05) is 5.56 Å². The van der Waals surface area contributed by atoms with Crippen molar-refractivity contribution in [3.8, 4) is 11.3 Å². The molecule has 0 saturated carbocycles. The van der Waals surface area contributed by atoms with Gasteiger partial charge in [0.2, 0.25) is 0 Å². The minimum absolute atomic E-state index is 0.104. The fourth-order valence-corrected chi connectivity index (χ4v) is 1.61. The van der Waals surface area contributed by atoms with Crippen LogP contribution in [0.4, 0.5) is 10.2 Å². The van der Waals surface area contributed by atoms with Crippen LogP contribution in [0.5, 0.6) is 0 Å². The molecule has 0 amide bonds. The van der Waals surface area contributed by atoms with Gasteiger partial charge in [0.1, 0.15) is 11.5 Å². The number of aromatic nitrogens is 2. The number of nitrogens with zero attached hydrogens (tertiary/aromatic N) is 2. The van der Waals surface area contributed by atoms with E-state index in [1.165, 1.54) is 24.3 Å². The average Bonchev–Trinajstić information content (AvgIpc) is 2.32. The van der Waals surface area contributed by atoms with Crippen LogP contribution in [0.15, 0.2) is 24.3 Å². The second-order valence-corrected chi connectivity index (χ2v) is 3.77. The standard InChI is InChI=1S/C11H7ClFN3O2/c12-9-7(5-1-3-6(13)4-2-5)16-10(14)8(15-9)11(17)18/h1-4H,(H2,14,16)(H,17,18). The van der Waals surface area contributed by atoms with Gasteiger partial charge in [0.25, 0.3) is 0 Å². The monoisotopic (exact) mass is 267 g/mol. The molecule has 0 unspecified atom stereocenters. The Hall–Kier alpha value is -2.21. The first-order valence-electron chi connectivity index (χ1n) is 4.81. The molecule has 2 aromatic rings. The fourth-order valence-electron chi connectivity index (χ4n) is 1.38. The lowest BCUT2D eigenvalue weighted by Crippen LogP contribution is -2.09. The molecule has 0 aliphatic carbocycles. The van der Waals surface area contributed by atoms with Crippen LogP contribution in [0.1, 0.15) is 10.5 Å². The van der Waals surface area contributed by atoms with Crippen LogP contribution in [-0.2, 0) is 0 Å². The van der Waals surface area contributed by atoms with E-state index in [0.717, 1.165) is 0 Å². The molecule has 0 radical (unpaired) electrons. The molecule has 92 valence electrons. The van der Waals surface area contributed by atoms with Gasteiger partial charge in [0.05, 0.1) is 0 Å². The maximum absolute atomic E-state index is 12.8. The van der Waals surface area contributed by atoms with Crippen LogP contribution in [0.25, 0.3) is 11.3 Å². The molecule has 7 heteroatoms. The Morgan fingerprint density at radius 1 is 1.28 bits per heavy atom. The highest BCUT2D eigenvalue weighted by Gasteiger charge is 2.16. The van der Waals surface area contributed by atoms with Crippen molar-refractivity contribution in [2.75, 3.05) is 5.73 Å². The maximum Gasteiger partial charge on any atom is 0.358 e. The lowest BCUT2D eigenvalue weighted by molar-refractivity contribution is 0.0691. The lowest BCUT2D eigenvalue weighted by atomic mass is 10.1. The molecule has 0 aliphatic heterocycles. The first kappa shape index (κ1) is 12.3. The second-order valence-electron chi connectivity index (χ2n) is 3.41. The van der Waals surface area contributed by atoms with Gasteiger partial charge >= 0.3 is 5.97 Å². The van der Waals surface area contributed by atoms with Gasteiger partial charge in [-0.05, 0) is 24.3 Å². The van der Waals surface area contributed by atoms with Crippen molar-refractivity contribution in [3.05, 3.63) is 40.9 Å². The van der Waals surface area contributed by atoms with E-state index in [9.17, 15) is 9.18 Å². The highest BCUT2D eigenvalue weighted by molar-refractivity contribution is 6.32. The Bertz CT molecular complexity index is 616. The summed E-state index contributed by atoms with van der Waals surface area (Å²) in [5, 5.41) is 8.69. The van der Waals surface area contributed by atoms with E-state index >= 15 is 0 Å². The van der Waals surface area contributed by atoms with Gasteiger partial charge in [-0.25, -0.2) is 19.2 Å². The number of rotatable bonds is 2. The summed E-state index contributed by atoms with van der Waals surface area (Å²) in [4.78, 5) is 18.3. The number of carboxylic acids is 1. The molecule has 1 aromatic heterocycles. The molecule has 0 atom stereocenters. The van der Waals surface area contributed by atoms with E-state index in [1.807, 2.05) is 0 Å². The van der Waals surface area contributed by atoms with Crippen molar-refractivity contribution in [1.82, 2.24) is 9.97 Å². The number of nitrogens with two attached hydrogens (primary N) is 1. The summed E-state index contributed by atoms with van der Waals surface area (Å²) in [7, 11) is 0. The normalized spacial score (nSPS) is 10.3. The largest absolute Gasteiger partial charge is 0.476 e. The number of hydrogen-bond donors (Lipinski definition) is 2. The highest BCUT2D eigenvalue weighted by atomic mass is 35.5. The first-order chi connectivity index (χ1) is 8.49. The summed E-state index contributed by atoms with van der Waals surface area (Å²) < 4.78 is 12.8. The number of aromatic carboxylic acids is 1. The fraction of sp³-hybridized carbons (Fsp3) is 0. The van der Waals surface area contributed by atoms with Gasteiger partial charge in [-0.2, -0.15) is 0 Å². The molecule has 0 fully saturated rings. The molecule has 0 saturated heterocycles. The molecule has 18 heavy (non-hydrogen) atoms. The third-order valence-corrected chi connectivity index (χ3v) is 2.46. The molecule has 2 rings (SSSR count). The third kappa shape index (κ3) is 2.23. The number of anilines is 1. The van der Waals surface area contributed by atoms with Crippen molar-refractivity contribution >= 4 is 23.4 Å². The average molecular weight is 268 g/mol. The Labute approximate surface area is 106 Å². The summed E-state index contributed by atoms with van der Waals surface area (Å²) in [6, 6.07) is 5.36. The molecule has 1 aromatic carbocycles. The molecule has 3 N–H and O–H groups in total. The van der Waals surface area contributed by atoms with E-state index in [1.54, 1.807) is 0 Å². The van der Waals surface area contributed by atoms with Crippen molar-refractivity contribution in [2.45, 2.75) is 0 Å². The smallest absolute Gasteiger partial charge is 0.358 e. The Morgan fingerprint density at radius 2 is 1.89 bits per heavy atom. The van der Waals surface area contributed by atoms with Crippen LogP contribution in [0, 0.1) is 5.82 Å². The van der Waals surface area contributed by atoms with E-state index in [-0.39, 0.29) is 16.7 Å². The Morgan fingerprint density at radius 3 is 2.44 bits per heavy atom. The van der Waals surface area contributed by atoms with Crippen molar-refractivity contribution in [1.29, 1.82) is 0 Å². The third-order valence-electron chi connectivity index (χ3n) is 2.20. The maximum atomic E-state index is 12.8. The zero-order valence-electron chi connectivity index (χ0n) is 8.89. The van der Waals surface area contributed by atoms with Crippen LogP contribution in [0.2, 0.25) is 5.15 Å². The number of carboxylic acid groups (broad SMARTS) is 1. The van der Waals surface area contributed by atoms with E-state index in [2.05, 4.69) is 9.97 Å². The summed E-state index contributed by atoms with van der Waals surface area (Å²) in [5.41, 5.74) is 5.77. The molecular weight excluding hydrogens is 261 g/mol. The van der Waals surface area contributed by atoms with E-state index in [0.29, 0.717) is 5.56 Å². The summed E-state index contributed by atoms with van der Waals surface area (Å²) in [5.74, 6) is -1.96. The second kappa shape index (κ2) is 4.58. The predicted molar refractivity (Wildman–Crippen MR) is 63.8 cm³/mol. The lowest BCUT2D eigenvalue weighted by Gasteiger charge is -2.06. The molecule has 1 heterocycles. The molecule has 5 nitrogen and oxygen atoms in total. The Kier molecular flexibility index (Phi) is 3.12. The first-order valence-corrected chi connectivity index (χ1v) is 5.19. The van der Waals surface area contributed by atoms with Crippen molar-refractivity contribution < 1.29 is 14.3 Å². The number of benzene rings is 1. The summed E-state index contributed by atoms with van der Waals surface area (Å²) in [6.45, 7) is 0. The molecule has 0 bridgehead atoms. The van der Waals surface area contributed by atoms with Crippen molar-refractivity contribution in [2.24, 2.45) is 0 Å². The molecule has 0 spiro atoms. The predicted octanol–water partition coefficient (Wildman–Crippen LogP) is 2.22. The van der Waals surface area contributed by atoms with Gasteiger partial charge in [-0.15, -0.1) is 0 Å². The highest BCUT2D eigenvalue weighted by Crippen LogP contribution is 2.26. The van der Waals surface area contributed by atoms with Crippen LogP contribution in [-0.4, -0.2) is 21.0 Å². The van der Waals surface area contributed by atoms with E-state index in [4.69, 9.17) is 22.4 Å². The molecular formula is C11H7ClFN3O2. The zero-order valence-corrected chi connectivity index (χ0v) is 9.65. The SMILES string of the molecule is Nc1nc(-c2ccc(F)cc2)c(Cl)nc1C(=O)O. The Balaban J connectivity index is 2.56. The topological polar surface area (TPSA) is 89.1 Å². The van der Waals surface area contributed by atoms with Crippen LogP contribution in [0.3, 0.4) is 0 Å². The quantitative estimate of drug-likeness (QED) is 0.871. The minimum atomic E-state index is -1.31. The molecule has 0 aliphatic rings. The van der Waals surface area contributed by atoms with Gasteiger partial charge in [-0.3, -0.25) is 0 Å². The zero-order chi connectivity index (χ0) is 13.3. The van der Waals surface area contributed by atoms with E-state index < -0.39 is 17.5 Å².